The van der Waals surface area contributed by atoms with E-state index >= 15 is 0 Å². The quantitative estimate of drug-likeness (QED) is 0.853. The lowest BCUT2D eigenvalue weighted by molar-refractivity contribution is 0.0209. The van der Waals surface area contributed by atoms with Crippen molar-refractivity contribution in [2.45, 2.75) is 44.6 Å². The Morgan fingerprint density at radius 2 is 2.05 bits per heavy atom. The zero-order valence-electron chi connectivity index (χ0n) is 13.1. The number of rotatable bonds is 4. The first-order valence-electron chi connectivity index (χ1n) is 7.95. The summed E-state index contributed by atoms with van der Waals surface area (Å²) >= 11 is 5.90. The van der Waals surface area contributed by atoms with Crippen LogP contribution in [0.25, 0.3) is 0 Å². The molecule has 0 saturated carbocycles. The average Bonchev–Trinajstić information content (AvgIpc) is 2.71. The standard InChI is InChI=1S/C17H24ClNO3/c1-2-3-13-22-16(20)19-11-4-9-17(21,10-12-19)14-5-7-15(18)8-6-14/h5-8,21H,2-4,9-13H2,1H3. The first kappa shape index (κ1) is 17.1. The number of unbranched alkanes of at least 4 members (excludes halogenated alkanes) is 1. The molecule has 1 aromatic carbocycles. The van der Waals surface area contributed by atoms with Gasteiger partial charge in [0.15, 0.2) is 0 Å². The summed E-state index contributed by atoms with van der Waals surface area (Å²) in [6.07, 6.45) is 3.51. The van der Waals surface area contributed by atoms with Crippen molar-refractivity contribution in [3.05, 3.63) is 34.9 Å². The molecular weight excluding hydrogens is 302 g/mol. The van der Waals surface area contributed by atoms with Crippen molar-refractivity contribution in [3.8, 4) is 0 Å². The highest BCUT2D eigenvalue weighted by Gasteiger charge is 2.33. The second-order valence-electron chi connectivity index (χ2n) is 5.85. The zero-order valence-corrected chi connectivity index (χ0v) is 13.8. The van der Waals surface area contributed by atoms with Crippen LogP contribution in [0.1, 0.15) is 44.6 Å². The number of hydrogen-bond acceptors (Lipinski definition) is 3. The molecule has 122 valence electrons. The van der Waals surface area contributed by atoms with Gasteiger partial charge in [0.1, 0.15) is 0 Å². The van der Waals surface area contributed by atoms with Crippen molar-refractivity contribution in [1.29, 1.82) is 0 Å². The third-order valence-electron chi connectivity index (χ3n) is 4.18. The molecular formula is C17H24ClNO3. The van der Waals surface area contributed by atoms with E-state index in [1.807, 2.05) is 12.1 Å². The summed E-state index contributed by atoms with van der Waals surface area (Å²) in [5.41, 5.74) is -0.0404. The van der Waals surface area contributed by atoms with Crippen LogP contribution in [0.3, 0.4) is 0 Å². The van der Waals surface area contributed by atoms with Crippen LogP contribution in [0.2, 0.25) is 5.02 Å². The number of amides is 1. The van der Waals surface area contributed by atoms with E-state index in [0.29, 0.717) is 37.6 Å². The SMILES string of the molecule is CCCCOC(=O)N1CCCC(O)(c2ccc(Cl)cc2)CC1. The van der Waals surface area contributed by atoms with Gasteiger partial charge >= 0.3 is 6.09 Å². The molecule has 22 heavy (non-hydrogen) atoms. The van der Waals surface area contributed by atoms with Gasteiger partial charge in [-0.15, -0.1) is 0 Å². The third kappa shape index (κ3) is 4.37. The van der Waals surface area contributed by atoms with Crippen LogP contribution < -0.4 is 0 Å². The maximum atomic E-state index is 12.0. The average molecular weight is 326 g/mol. The van der Waals surface area contributed by atoms with E-state index in [1.165, 1.54) is 0 Å². The monoisotopic (exact) mass is 325 g/mol. The summed E-state index contributed by atoms with van der Waals surface area (Å²) in [7, 11) is 0. The molecule has 0 radical (unpaired) electrons. The van der Waals surface area contributed by atoms with Gasteiger partial charge in [0.05, 0.1) is 12.2 Å². The van der Waals surface area contributed by atoms with E-state index in [0.717, 1.165) is 24.8 Å². The molecule has 1 unspecified atom stereocenters. The van der Waals surface area contributed by atoms with Crippen LogP contribution in [-0.4, -0.2) is 35.8 Å². The van der Waals surface area contributed by atoms with Gasteiger partial charge in [0.25, 0.3) is 0 Å². The summed E-state index contributed by atoms with van der Waals surface area (Å²) in [5.74, 6) is 0. The van der Waals surface area contributed by atoms with Crippen molar-refractivity contribution in [2.75, 3.05) is 19.7 Å². The number of hydrogen-bond donors (Lipinski definition) is 1. The molecule has 1 amide bonds. The highest BCUT2D eigenvalue weighted by Crippen LogP contribution is 2.33. The molecule has 1 N–H and O–H groups in total. The second-order valence-corrected chi connectivity index (χ2v) is 6.28. The predicted octanol–water partition coefficient (Wildman–Crippen LogP) is 3.95. The van der Waals surface area contributed by atoms with E-state index in [9.17, 15) is 9.90 Å². The lowest BCUT2D eigenvalue weighted by Crippen LogP contribution is -2.34. The smallest absolute Gasteiger partial charge is 0.409 e. The molecule has 2 rings (SSSR count). The summed E-state index contributed by atoms with van der Waals surface area (Å²) in [4.78, 5) is 13.7. The molecule has 0 aliphatic carbocycles. The Hall–Kier alpha value is -1.26. The van der Waals surface area contributed by atoms with Crippen molar-refractivity contribution in [2.24, 2.45) is 0 Å². The number of aliphatic hydroxyl groups is 1. The number of benzene rings is 1. The largest absolute Gasteiger partial charge is 0.449 e. The van der Waals surface area contributed by atoms with E-state index in [1.54, 1.807) is 17.0 Å². The minimum absolute atomic E-state index is 0.270. The molecule has 1 saturated heterocycles. The van der Waals surface area contributed by atoms with Crippen molar-refractivity contribution >= 4 is 17.7 Å². The lowest BCUT2D eigenvalue weighted by Gasteiger charge is -2.27. The molecule has 1 aromatic rings. The highest BCUT2D eigenvalue weighted by molar-refractivity contribution is 6.30. The van der Waals surface area contributed by atoms with Gasteiger partial charge in [-0.2, -0.15) is 0 Å². The zero-order chi connectivity index (χ0) is 16.0. The fourth-order valence-electron chi connectivity index (χ4n) is 2.75. The van der Waals surface area contributed by atoms with Crippen LogP contribution in [0.15, 0.2) is 24.3 Å². The molecule has 1 atom stereocenters. The fourth-order valence-corrected chi connectivity index (χ4v) is 2.87. The first-order valence-corrected chi connectivity index (χ1v) is 8.33. The summed E-state index contributed by atoms with van der Waals surface area (Å²) in [5, 5.41) is 11.6. The lowest BCUT2D eigenvalue weighted by atomic mass is 9.87. The van der Waals surface area contributed by atoms with E-state index in [4.69, 9.17) is 16.3 Å². The third-order valence-corrected chi connectivity index (χ3v) is 4.43. The van der Waals surface area contributed by atoms with E-state index in [2.05, 4.69) is 6.92 Å². The Kier molecular flexibility index (Phi) is 6.09. The Labute approximate surface area is 137 Å². The van der Waals surface area contributed by atoms with Gasteiger partial charge in [-0.3, -0.25) is 0 Å². The van der Waals surface area contributed by atoms with E-state index < -0.39 is 5.60 Å². The maximum absolute atomic E-state index is 12.0. The summed E-state index contributed by atoms with van der Waals surface area (Å²) in [6.45, 7) is 3.66. The molecule has 1 heterocycles. The molecule has 0 spiro atoms. The molecule has 4 nitrogen and oxygen atoms in total. The number of halogens is 1. The summed E-state index contributed by atoms with van der Waals surface area (Å²) < 4.78 is 5.25. The fraction of sp³-hybridized carbons (Fsp3) is 0.588. The number of nitrogens with zero attached hydrogens (tertiary/aromatic N) is 1. The number of carbonyl (C=O) groups is 1. The normalized spacial score (nSPS) is 22.2. The first-order chi connectivity index (χ1) is 10.5. The van der Waals surface area contributed by atoms with Gasteiger partial charge < -0.3 is 14.7 Å². The highest BCUT2D eigenvalue weighted by atomic mass is 35.5. The molecule has 1 aliphatic rings. The minimum Gasteiger partial charge on any atom is -0.449 e. The van der Waals surface area contributed by atoms with Gasteiger partial charge in [-0.25, -0.2) is 4.79 Å². The minimum atomic E-state index is -0.900. The Bertz CT molecular complexity index is 491. The molecule has 0 aromatic heterocycles. The van der Waals surface area contributed by atoms with Gasteiger partial charge in [-0.1, -0.05) is 37.1 Å². The number of likely N-dealkylation sites (tertiary alicyclic amines) is 1. The number of ether oxygens (including phenoxy) is 1. The Morgan fingerprint density at radius 3 is 2.73 bits per heavy atom. The van der Waals surface area contributed by atoms with Crippen molar-refractivity contribution in [1.82, 2.24) is 4.90 Å². The number of carbonyl (C=O) groups excluding carboxylic acids is 1. The molecule has 1 aliphatic heterocycles. The molecule has 5 heteroatoms. The van der Waals surface area contributed by atoms with Crippen LogP contribution in [-0.2, 0) is 10.3 Å². The van der Waals surface area contributed by atoms with Crippen LogP contribution in [0, 0.1) is 0 Å². The van der Waals surface area contributed by atoms with Crippen LogP contribution >= 0.6 is 11.6 Å². The van der Waals surface area contributed by atoms with Crippen LogP contribution in [0.5, 0.6) is 0 Å². The van der Waals surface area contributed by atoms with Crippen molar-refractivity contribution < 1.29 is 14.6 Å². The predicted molar refractivity (Wildman–Crippen MR) is 87.0 cm³/mol. The molecule has 0 bridgehead atoms. The van der Waals surface area contributed by atoms with E-state index in [-0.39, 0.29) is 6.09 Å². The Morgan fingerprint density at radius 1 is 1.32 bits per heavy atom. The van der Waals surface area contributed by atoms with Gasteiger partial charge in [0, 0.05) is 18.1 Å². The van der Waals surface area contributed by atoms with Crippen molar-refractivity contribution in [3.63, 3.8) is 0 Å². The molecule has 1 fully saturated rings. The van der Waals surface area contributed by atoms with Gasteiger partial charge in [0.2, 0.25) is 0 Å². The Balaban J connectivity index is 1.96. The van der Waals surface area contributed by atoms with Crippen LogP contribution in [0.4, 0.5) is 4.79 Å². The topological polar surface area (TPSA) is 49.8 Å². The summed E-state index contributed by atoms with van der Waals surface area (Å²) in [6, 6.07) is 7.29. The van der Waals surface area contributed by atoms with Gasteiger partial charge in [-0.05, 0) is 43.4 Å². The second kappa shape index (κ2) is 7.84. The maximum Gasteiger partial charge on any atom is 0.409 e.